The van der Waals surface area contributed by atoms with Gasteiger partial charge in [0, 0.05) is 17.5 Å². The van der Waals surface area contributed by atoms with Gasteiger partial charge < -0.3 is 9.72 Å². The molecule has 2 aromatic heterocycles. The van der Waals surface area contributed by atoms with Gasteiger partial charge in [-0.15, -0.1) is 0 Å². The third kappa shape index (κ3) is 2.49. The fourth-order valence-corrected chi connectivity index (χ4v) is 3.07. The molecule has 0 atom stereocenters. The van der Waals surface area contributed by atoms with Crippen molar-refractivity contribution in [1.29, 1.82) is 0 Å². The maximum absolute atomic E-state index is 12.2. The van der Waals surface area contributed by atoms with Gasteiger partial charge in [0.25, 0.3) is 5.56 Å². The van der Waals surface area contributed by atoms with Gasteiger partial charge >= 0.3 is 5.97 Å². The quantitative estimate of drug-likeness (QED) is 0.880. The maximum atomic E-state index is 12.2. The van der Waals surface area contributed by atoms with Crippen molar-refractivity contribution in [2.24, 2.45) is 0 Å². The van der Waals surface area contributed by atoms with Crippen molar-refractivity contribution >= 4 is 17.0 Å². The van der Waals surface area contributed by atoms with E-state index >= 15 is 0 Å². The van der Waals surface area contributed by atoms with Crippen molar-refractivity contribution in [3.8, 4) is 0 Å². The Balaban J connectivity index is 2.10. The molecular formula is C16H19N3O3. The summed E-state index contributed by atoms with van der Waals surface area (Å²) in [5.41, 5.74) is 0.633. The number of ether oxygens (including phenoxy) is 1. The minimum atomic E-state index is -0.608. The van der Waals surface area contributed by atoms with Crippen LogP contribution in [0.4, 0.5) is 0 Å². The van der Waals surface area contributed by atoms with E-state index < -0.39 is 11.5 Å². The third-order valence-electron chi connectivity index (χ3n) is 4.25. The summed E-state index contributed by atoms with van der Waals surface area (Å²) in [4.78, 5) is 35.8. The normalized spacial score (nSPS) is 15.4. The first-order valence-electron chi connectivity index (χ1n) is 7.68. The van der Waals surface area contributed by atoms with Crippen LogP contribution in [0.25, 0.3) is 11.0 Å². The van der Waals surface area contributed by atoms with E-state index in [9.17, 15) is 9.59 Å². The number of H-pyrrole nitrogens is 1. The molecule has 6 heteroatoms. The van der Waals surface area contributed by atoms with Gasteiger partial charge in [0.1, 0.15) is 17.0 Å². The predicted molar refractivity (Wildman–Crippen MR) is 82.1 cm³/mol. The molecular weight excluding hydrogens is 282 g/mol. The zero-order valence-electron chi connectivity index (χ0n) is 12.8. The number of carbonyl (C=O) groups excluding carboxylic acids is 1. The minimum Gasteiger partial charge on any atom is -0.462 e. The molecule has 1 saturated carbocycles. The lowest BCUT2D eigenvalue weighted by Gasteiger charge is -2.11. The number of esters is 1. The van der Waals surface area contributed by atoms with E-state index in [-0.39, 0.29) is 12.2 Å². The maximum Gasteiger partial charge on any atom is 0.344 e. The number of hydrogen-bond acceptors (Lipinski definition) is 5. The van der Waals surface area contributed by atoms with Crippen LogP contribution in [0.1, 0.15) is 60.3 Å². The predicted octanol–water partition coefficient (Wildman–Crippen LogP) is 2.46. The zero-order chi connectivity index (χ0) is 15.7. The molecule has 0 aromatic carbocycles. The largest absolute Gasteiger partial charge is 0.462 e. The number of hydrogen-bond donors (Lipinski definition) is 1. The van der Waals surface area contributed by atoms with Crippen molar-refractivity contribution < 1.29 is 9.53 Å². The Morgan fingerprint density at radius 1 is 1.41 bits per heavy atom. The molecule has 1 aliphatic rings. The molecule has 0 unspecified atom stereocenters. The van der Waals surface area contributed by atoms with Crippen LogP contribution in [0.2, 0.25) is 0 Å². The van der Waals surface area contributed by atoms with Crippen molar-refractivity contribution in [3.05, 3.63) is 33.5 Å². The summed E-state index contributed by atoms with van der Waals surface area (Å²) in [5.74, 6) is 0.546. The summed E-state index contributed by atoms with van der Waals surface area (Å²) in [5, 5.41) is 0.685. The van der Waals surface area contributed by atoms with Crippen LogP contribution in [-0.4, -0.2) is 27.5 Å². The molecule has 1 N–H and O–H groups in total. The summed E-state index contributed by atoms with van der Waals surface area (Å²) < 4.78 is 4.94. The third-order valence-corrected chi connectivity index (χ3v) is 4.25. The highest BCUT2D eigenvalue weighted by Gasteiger charge is 2.22. The van der Waals surface area contributed by atoms with E-state index in [1.165, 1.54) is 12.8 Å². The first kappa shape index (κ1) is 14.7. The first-order valence-corrected chi connectivity index (χ1v) is 7.68. The zero-order valence-corrected chi connectivity index (χ0v) is 12.8. The Morgan fingerprint density at radius 2 is 2.14 bits per heavy atom. The molecule has 2 aromatic rings. The number of fused-ring (bicyclic) bond motifs is 1. The lowest BCUT2D eigenvalue weighted by atomic mass is 10.1. The summed E-state index contributed by atoms with van der Waals surface area (Å²) in [7, 11) is 0. The van der Waals surface area contributed by atoms with Crippen LogP contribution >= 0.6 is 0 Å². The number of nitrogens with zero attached hydrogens (tertiary/aromatic N) is 2. The number of nitrogens with one attached hydrogen (secondary N) is 1. The fraction of sp³-hybridized carbons (Fsp3) is 0.500. The van der Waals surface area contributed by atoms with Crippen LogP contribution in [0.15, 0.2) is 11.0 Å². The van der Waals surface area contributed by atoms with Crippen LogP contribution in [0.5, 0.6) is 0 Å². The van der Waals surface area contributed by atoms with Gasteiger partial charge in [-0.25, -0.2) is 14.8 Å². The molecule has 116 valence electrons. The second kappa shape index (κ2) is 5.87. The summed E-state index contributed by atoms with van der Waals surface area (Å²) in [6.45, 7) is 3.66. The topological polar surface area (TPSA) is 84.9 Å². The second-order valence-electron chi connectivity index (χ2n) is 5.65. The van der Waals surface area contributed by atoms with E-state index in [0.717, 1.165) is 18.7 Å². The SMILES string of the molecule is CCOC(=O)c1c(C)c2cnc(C3CCCC3)nc2[nH]c1=O. The number of carbonyl (C=O) groups is 1. The van der Waals surface area contributed by atoms with Crippen molar-refractivity contribution in [2.75, 3.05) is 6.61 Å². The highest BCUT2D eigenvalue weighted by Crippen LogP contribution is 2.32. The number of aromatic nitrogens is 3. The molecule has 6 nitrogen and oxygen atoms in total. The van der Waals surface area contributed by atoms with Crippen LogP contribution < -0.4 is 5.56 Å². The van der Waals surface area contributed by atoms with Gasteiger partial charge in [-0.2, -0.15) is 0 Å². The highest BCUT2D eigenvalue weighted by atomic mass is 16.5. The lowest BCUT2D eigenvalue weighted by molar-refractivity contribution is 0.0523. The average Bonchev–Trinajstić information content (AvgIpc) is 3.01. The Bertz CT molecular complexity index is 776. The summed E-state index contributed by atoms with van der Waals surface area (Å²) >= 11 is 0. The Kier molecular flexibility index (Phi) is 3.92. The van der Waals surface area contributed by atoms with Gasteiger partial charge in [-0.1, -0.05) is 12.8 Å². The van der Waals surface area contributed by atoms with Crippen molar-refractivity contribution in [1.82, 2.24) is 15.0 Å². The van der Waals surface area contributed by atoms with Gasteiger partial charge in [-0.05, 0) is 32.3 Å². The Hall–Kier alpha value is -2.24. The number of aryl methyl sites for hydroxylation is 1. The smallest absolute Gasteiger partial charge is 0.344 e. The highest BCUT2D eigenvalue weighted by molar-refractivity contribution is 5.95. The molecule has 0 aliphatic heterocycles. The molecule has 22 heavy (non-hydrogen) atoms. The standard InChI is InChI=1S/C16H19N3O3/c1-3-22-16(21)12-9(2)11-8-17-13(10-6-4-5-7-10)18-14(11)19-15(12)20/h8,10H,3-7H2,1-2H3,(H,17,18,19,20). The summed E-state index contributed by atoms with van der Waals surface area (Å²) in [6.07, 6.45) is 6.28. The van der Waals surface area contributed by atoms with Gasteiger partial charge in [0.2, 0.25) is 0 Å². The molecule has 0 bridgehead atoms. The van der Waals surface area contributed by atoms with E-state index in [1.54, 1.807) is 20.0 Å². The number of rotatable bonds is 3. The summed E-state index contributed by atoms with van der Waals surface area (Å²) in [6, 6.07) is 0. The average molecular weight is 301 g/mol. The molecule has 1 aliphatic carbocycles. The van der Waals surface area contributed by atoms with Gasteiger partial charge in [0.05, 0.1) is 6.61 Å². The van der Waals surface area contributed by atoms with E-state index in [4.69, 9.17) is 4.74 Å². The molecule has 0 radical (unpaired) electrons. The molecule has 3 rings (SSSR count). The Morgan fingerprint density at radius 3 is 2.82 bits per heavy atom. The lowest BCUT2D eigenvalue weighted by Crippen LogP contribution is -2.22. The van der Waals surface area contributed by atoms with E-state index in [1.807, 2.05) is 0 Å². The van der Waals surface area contributed by atoms with Gasteiger partial charge in [-0.3, -0.25) is 4.79 Å². The van der Waals surface area contributed by atoms with Gasteiger partial charge in [0.15, 0.2) is 0 Å². The molecule has 0 saturated heterocycles. The molecule has 0 amide bonds. The van der Waals surface area contributed by atoms with Crippen LogP contribution in [0, 0.1) is 6.92 Å². The Labute approximate surface area is 127 Å². The monoisotopic (exact) mass is 301 g/mol. The van der Waals surface area contributed by atoms with E-state index in [0.29, 0.717) is 22.5 Å². The molecule has 2 heterocycles. The van der Waals surface area contributed by atoms with Crippen molar-refractivity contribution in [3.63, 3.8) is 0 Å². The molecule has 1 fully saturated rings. The first-order chi connectivity index (χ1) is 10.6. The minimum absolute atomic E-state index is 0.0339. The van der Waals surface area contributed by atoms with Crippen LogP contribution in [-0.2, 0) is 4.74 Å². The van der Waals surface area contributed by atoms with E-state index in [2.05, 4.69) is 15.0 Å². The molecule has 0 spiro atoms. The van der Waals surface area contributed by atoms with Crippen LogP contribution in [0.3, 0.4) is 0 Å². The number of pyridine rings is 1. The second-order valence-corrected chi connectivity index (χ2v) is 5.65. The van der Waals surface area contributed by atoms with Crippen molar-refractivity contribution in [2.45, 2.75) is 45.4 Å². The number of aromatic amines is 1. The fourth-order valence-electron chi connectivity index (χ4n) is 3.07.